The number of methoxy groups -OCH3 is 2. The lowest BCUT2D eigenvalue weighted by molar-refractivity contribution is -0.129. The summed E-state index contributed by atoms with van der Waals surface area (Å²) in [5.74, 6) is 1.05. The molecule has 5 nitrogen and oxygen atoms in total. The van der Waals surface area contributed by atoms with Gasteiger partial charge in [-0.25, -0.2) is 9.79 Å². The number of aliphatic imine (C=N–C) groups is 1. The number of hydrogen-bond acceptors (Lipinski definition) is 5. The van der Waals surface area contributed by atoms with E-state index in [2.05, 4.69) is 25.8 Å². The predicted octanol–water partition coefficient (Wildman–Crippen LogP) is 4.35. The van der Waals surface area contributed by atoms with Crippen LogP contribution >= 0.6 is 0 Å². The van der Waals surface area contributed by atoms with E-state index in [1.165, 1.54) is 5.56 Å². The Morgan fingerprint density at radius 1 is 0.963 bits per heavy atom. The Labute approximate surface area is 159 Å². The van der Waals surface area contributed by atoms with E-state index < -0.39 is 5.97 Å². The van der Waals surface area contributed by atoms with Gasteiger partial charge in [-0.2, -0.15) is 0 Å². The van der Waals surface area contributed by atoms with Crippen LogP contribution in [0.25, 0.3) is 6.08 Å². The third-order valence-electron chi connectivity index (χ3n) is 4.33. The molecule has 5 heteroatoms. The van der Waals surface area contributed by atoms with Gasteiger partial charge in [-0.05, 0) is 46.9 Å². The molecular formula is C22H23NO4. The summed E-state index contributed by atoms with van der Waals surface area (Å²) in [6.07, 6.45) is 1.67. The van der Waals surface area contributed by atoms with Crippen LogP contribution in [0.2, 0.25) is 0 Å². The van der Waals surface area contributed by atoms with Crippen molar-refractivity contribution in [3.63, 3.8) is 0 Å². The van der Waals surface area contributed by atoms with E-state index in [0.29, 0.717) is 17.4 Å². The molecule has 2 aromatic rings. The molecule has 0 amide bonds. The Morgan fingerprint density at radius 3 is 2.22 bits per heavy atom. The predicted molar refractivity (Wildman–Crippen MR) is 105 cm³/mol. The number of rotatable bonds is 4. The molecular weight excluding hydrogens is 342 g/mol. The van der Waals surface area contributed by atoms with Crippen LogP contribution in [0.3, 0.4) is 0 Å². The first-order chi connectivity index (χ1) is 12.8. The highest BCUT2D eigenvalue weighted by Gasteiger charge is 2.24. The summed E-state index contributed by atoms with van der Waals surface area (Å²) in [4.78, 5) is 16.6. The maximum atomic E-state index is 12.2. The molecule has 0 saturated carbocycles. The second-order valence-electron chi connectivity index (χ2n) is 7.28. The Kier molecular flexibility index (Phi) is 5.04. The second kappa shape index (κ2) is 7.27. The number of carbonyl (C=O) groups is 1. The van der Waals surface area contributed by atoms with E-state index >= 15 is 0 Å². The maximum absolute atomic E-state index is 12.2. The van der Waals surface area contributed by atoms with Crippen LogP contribution in [0, 0.1) is 0 Å². The fourth-order valence-electron chi connectivity index (χ4n) is 2.75. The number of ether oxygens (including phenoxy) is 3. The fourth-order valence-corrected chi connectivity index (χ4v) is 2.75. The molecule has 0 spiro atoms. The van der Waals surface area contributed by atoms with Crippen LogP contribution in [-0.4, -0.2) is 26.1 Å². The molecule has 0 fully saturated rings. The van der Waals surface area contributed by atoms with Gasteiger partial charge < -0.3 is 14.2 Å². The summed E-state index contributed by atoms with van der Waals surface area (Å²) in [5, 5.41) is 0. The lowest BCUT2D eigenvalue weighted by Crippen LogP contribution is -2.11. The summed E-state index contributed by atoms with van der Waals surface area (Å²) < 4.78 is 15.9. The average molecular weight is 365 g/mol. The SMILES string of the molecule is COc1ccc(C=C2N=C(c3ccc(C(C)(C)C)cc3)OC2=O)cc1OC. The van der Waals surface area contributed by atoms with Crippen LogP contribution in [-0.2, 0) is 14.9 Å². The van der Waals surface area contributed by atoms with Gasteiger partial charge in [0.15, 0.2) is 17.2 Å². The summed E-state index contributed by atoms with van der Waals surface area (Å²) in [7, 11) is 3.14. The number of nitrogens with zero attached hydrogens (tertiary/aromatic N) is 1. The first-order valence-corrected chi connectivity index (χ1v) is 8.67. The van der Waals surface area contributed by atoms with E-state index in [1.54, 1.807) is 32.4 Å². The molecule has 0 N–H and O–H groups in total. The zero-order valence-electron chi connectivity index (χ0n) is 16.2. The Hall–Kier alpha value is -3.08. The molecule has 0 bridgehead atoms. The summed E-state index contributed by atoms with van der Waals surface area (Å²) >= 11 is 0. The van der Waals surface area contributed by atoms with Crippen LogP contribution in [0.5, 0.6) is 11.5 Å². The van der Waals surface area contributed by atoms with Gasteiger partial charge >= 0.3 is 5.97 Å². The van der Waals surface area contributed by atoms with Gasteiger partial charge in [0.25, 0.3) is 0 Å². The van der Waals surface area contributed by atoms with Gasteiger partial charge in [0.1, 0.15) is 0 Å². The summed E-state index contributed by atoms with van der Waals surface area (Å²) in [5.41, 5.74) is 3.06. The third kappa shape index (κ3) is 4.03. The molecule has 0 atom stereocenters. The van der Waals surface area contributed by atoms with Gasteiger partial charge in [-0.15, -0.1) is 0 Å². The van der Waals surface area contributed by atoms with Crippen molar-refractivity contribution in [2.75, 3.05) is 14.2 Å². The number of hydrogen-bond donors (Lipinski definition) is 0. The van der Waals surface area contributed by atoms with Crippen molar-refractivity contribution in [1.29, 1.82) is 0 Å². The van der Waals surface area contributed by atoms with Crippen molar-refractivity contribution >= 4 is 17.9 Å². The minimum absolute atomic E-state index is 0.0607. The van der Waals surface area contributed by atoms with Crippen LogP contribution in [0.15, 0.2) is 53.2 Å². The monoisotopic (exact) mass is 365 g/mol. The molecule has 1 aliphatic heterocycles. The molecule has 0 radical (unpaired) electrons. The number of carbonyl (C=O) groups excluding carboxylic acids is 1. The smallest absolute Gasteiger partial charge is 0.363 e. The van der Waals surface area contributed by atoms with Gasteiger partial charge in [0.2, 0.25) is 5.90 Å². The zero-order valence-corrected chi connectivity index (χ0v) is 16.2. The minimum atomic E-state index is -0.473. The van der Waals surface area contributed by atoms with Crippen LogP contribution in [0.4, 0.5) is 0 Å². The quantitative estimate of drug-likeness (QED) is 0.597. The van der Waals surface area contributed by atoms with Crippen molar-refractivity contribution in [2.24, 2.45) is 4.99 Å². The highest BCUT2D eigenvalue weighted by atomic mass is 16.6. The molecule has 27 heavy (non-hydrogen) atoms. The Morgan fingerprint density at radius 2 is 1.63 bits per heavy atom. The normalized spacial score (nSPS) is 15.5. The lowest BCUT2D eigenvalue weighted by Gasteiger charge is -2.18. The van der Waals surface area contributed by atoms with Crippen molar-refractivity contribution in [1.82, 2.24) is 0 Å². The molecule has 3 rings (SSSR count). The topological polar surface area (TPSA) is 57.1 Å². The van der Waals surface area contributed by atoms with Gasteiger partial charge in [-0.3, -0.25) is 0 Å². The molecule has 0 aliphatic carbocycles. The number of esters is 1. The standard InChI is InChI=1S/C22H23NO4/c1-22(2,3)16-9-7-15(8-10-16)20-23-17(21(24)27-20)12-14-6-11-18(25-4)19(13-14)26-5/h6-13H,1-5H3. The largest absolute Gasteiger partial charge is 0.493 e. The Balaban J connectivity index is 1.89. The van der Waals surface area contributed by atoms with E-state index in [1.807, 2.05) is 30.3 Å². The second-order valence-corrected chi connectivity index (χ2v) is 7.28. The lowest BCUT2D eigenvalue weighted by atomic mass is 9.87. The molecule has 140 valence electrons. The first kappa shape index (κ1) is 18.7. The van der Waals surface area contributed by atoms with Crippen molar-refractivity contribution < 1.29 is 19.0 Å². The Bertz CT molecular complexity index is 918. The van der Waals surface area contributed by atoms with Crippen molar-refractivity contribution in [3.05, 3.63) is 64.9 Å². The maximum Gasteiger partial charge on any atom is 0.363 e. The molecule has 2 aromatic carbocycles. The molecule has 0 aromatic heterocycles. The highest BCUT2D eigenvalue weighted by molar-refractivity contribution is 6.12. The highest BCUT2D eigenvalue weighted by Crippen LogP contribution is 2.29. The van der Waals surface area contributed by atoms with Gasteiger partial charge in [0, 0.05) is 5.56 Å². The third-order valence-corrected chi connectivity index (χ3v) is 4.33. The number of benzene rings is 2. The van der Waals surface area contributed by atoms with Crippen LogP contribution in [0.1, 0.15) is 37.5 Å². The van der Waals surface area contributed by atoms with Crippen LogP contribution < -0.4 is 9.47 Å². The number of cyclic esters (lactones) is 1. The van der Waals surface area contributed by atoms with E-state index in [4.69, 9.17) is 14.2 Å². The minimum Gasteiger partial charge on any atom is -0.493 e. The van der Waals surface area contributed by atoms with E-state index in [0.717, 1.165) is 11.1 Å². The fraction of sp³-hybridized carbons (Fsp3) is 0.273. The molecule has 1 aliphatic rings. The van der Waals surface area contributed by atoms with E-state index in [-0.39, 0.29) is 11.1 Å². The van der Waals surface area contributed by atoms with Gasteiger partial charge in [-0.1, -0.05) is 39.0 Å². The van der Waals surface area contributed by atoms with Crippen molar-refractivity contribution in [2.45, 2.75) is 26.2 Å². The van der Waals surface area contributed by atoms with Gasteiger partial charge in [0.05, 0.1) is 14.2 Å². The molecule has 0 saturated heterocycles. The summed E-state index contributed by atoms with van der Waals surface area (Å²) in [6.45, 7) is 6.46. The first-order valence-electron chi connectivity index (χ1n) is 8.67. The van der Waals surface area contributed by atoms with E-state index in [9.17, 15) is 4.79 Å². The zero-order chi connectivity index (χ0) is 19.6. The summed E-state index contributed by atoms with van der Waals surface area (Å²) in [6, 6.07) is 13.3. The molecule has 0 unspecified atom stereocenters. The van der Waals surface area contributed by atoms with Crippen molar-refractivity contribution in [3.8, 4) is 11.5 Å². The average Bonchev–Trinajstić information content (AvgIpc) is 3.01. The molecule has 1 heterocycles.